The molecule has 0 fully saturated rings. The molecule has 21 heavy (non-hydrogen) atoms. The predicted octanol–water partition coefficient (Wildman–Crippen LogP) is 4.53. The van der Waals surface area contributed by atoms with Crippen LogP contribution in [0.15, 0.2) is 42.5 Å². The Labute approximate surface area is 130 Å². The van der Waals surface area contributed by atoms with Crippen LogP contribution in [-0.4, -0.2) is 6.03 Å². The van der Waals surface area contributed by atoms with E-state index >= 15 is 0 Å². The van der Waals surface area contributed by atoms with Crippen LogP contribution >= 0.6 is 11.6 Å². The second-order valence-electron chi connectivity index (χ2n) is 4.86. The van der Waals surface area contributed by atoms with Gasteiger partial charge >= 0.3 is 6.03 Å². The van der Waals surface area contributed by atoms with Gasteiger partial charge in [-0.05, 0) is 36.1 Å². The van der Waals surface area contributed by atoms with Crippen molar-refractivity contribution in [2.75, 3.05) is 5.32 Å². The lowest BCUT2D eigenvalue weighted by Gasteiger charge is -2.14. The molecule has 0 unspecified atom stereocenters. The fourth-order valence-corrected chi connectivity index (χ4v) is 2.38. The van der Waals surface area contributed by atoms with Gasteiger partial charge in [-0.15, -0.1) is 0 Å². The second kappa shape index (κ2) is 7.14. The van der Waals surface area contributed by atoms with Gasteiger partial charge in [0.25, 0.3) is 0 Å². The third-order valence-electron chi connectivity index (χ3n) is 3.38. The van der Waals surface area contributed by atoms with Crippen LogP contribution in [0.3, 0.4) is 0 Å². The van der Waals surface area contributed by atoms with E-state index in [9.17, 15) is 4.79 Å². The van der Waals surface area contributed by atoms with Crippen LogP contribution in [0, 0.1) is 6.92 Å². The molecule has 2 rings (SSSR count). The summed E-state index contributed by atoms with van der Waals surface area (Å²) in [7, 11) is 0. The van der Waals surface area contributed by atoms with Gasteiger partial charge in [0.05, 0.1) is 0 Å². The van der Waals surface area contributed by atoms with Gasteiger partial charge in [0.1, 0.15) is 0 Å². The van der Waals surface area contributed by atoms with E-state index in [2.05, 4.69) is 17.6 Å². The molecule has 0 spiro atoms. The molecule has 3 nitrogen and oxygen atoms in total. The number of benzene rings is 2. The fraction of sp³-hybridized carbons (Fsp3) is 0.235. The molecule has 0 atom stereocenters. The van der Waals surface area contributed by atoms with Crippen molar-refractivity contribution >= 4 is 23.3 Å². The summed E-state index contributed by atoms with van der Waals surface area (Å²) in [5.74, 6) is 0. The van der Waals surface area contributed by atoms with Crippen molar-refractivity contribution in [3.8, 4) is 0 Å². The van der Waals surface area contributed by atoms with Crippen LogP contribution in [-0.2, 0) is 13.0 Å². The zero-order valence-electron chi connectivity index (χ0n) is 12.2. The van der Waals surface area contributed by atoms with Crippen molar-refractivity contribution in [3.63, 3.8) is 0 Å². The Hall–Kier alpha value is -2.00. The summed E-state index contributed by atoms with van der Waals surface area (Å²) in [6.45, 7) is 4.46. The van der Waals surface area contributed by atoms with Crippen molar-refractivity contribution in [3.05, 3.63) is 64.2 Å². The number of halogens is 1. The lowest BCUT2D eigenvalue weighted by Crippen LogP contribution is -2.29. The summed E-state index contributed by atoms with van der Waals surface area (Å²) in [6, 6.07) is 13.3. The number of nitrogens with one attached hydrogen (secondary N) is 2. The van der Waals surface area contributed by atoms with Crippen molar-refractivity contribution in [2.24, 2.45) is 0 Å². The summed E-state index contributed by atoms with van der Waals surface area (Å²) >= 11 is 6.07. The minimum absolute atomic E-state index is 0.223. The van der Waals surface area contributed by atoms with Crippen LogP contribution in [0.1, 0.15) is 23.6 Å². The maximum Gasteiger partial charge on any atom is 0.319 e. The number of hydrogen-bond acceptors (Lipinski definition) is 1. The summed E-state index contributed by atoms with van der Waals surface area (Å²) in [4.78, 5) is 12.1. The number of carbonyl (C=O) groups is 1. The summed E-state index contributed by atoms with van der Waals surface area (Å²) < 4.78 is 0. The number of urea groups is 1. The Morgan fingerprint density at radius 3 is 2.52 bits per heavy atom. The molecule has 4 heteroatoms. The molecule has 0 heterocycles. The number of anilines is 1. The van der Waals surface area contributed by atoms with E-state index in [1.807, 2.05) is 49.4 Å². The molecule has 0 aliphatic rings. The maximum absolute atomic E-state index is 12.1. The van der Waals surface area contributed by atoms with E-state index < -0.39 is 0 Å². The minimum Gasteiger partial charge on any atom is -0.334 e. The number of aryl methyl sites for hydroxylation is 2. The van der Waals surface area contributed by atoms with Gasteiger partial charge in [-0.2, -0.15) is 0 Å². The smallest absolute Gasteiger partial charge is 0.319 e. The van der Waals surface area contributed by atoms with Crippen LogP contribution in [0.2, 0.25) is 5.02 Å². The van der Waals surface area contributed by atoms with E-state index in [1.165, 1.54) is 0 Å². The highest BCUT2D eigenvalue weighted by Crippen LogP contribution is 2.21. The molecule has 0 aliphatic heterocycles. The van der Waals surface area contributed by atoms with Gasteiger partial charge in [0.2, 0.25) is 0 Å². The highest BCUT2D eigenvalue weighted by atomic mass is 35.5. The molecule has 0 aliphatic carbocycles. The molecule has 0 bridgehead atoms. The first-order valence-electron chi connectivity index (χ1n) is 6.98. The first-order valence-corrected chi connectivity index (χ1v) is 7.36. The normalized spacial score (nSPS) is 10.2. The molecular formula is C17H19ClN2O. The molecule has 2 aromatic rings. The van der Waals surface area contributed by atoms with Gasteiger partial charge in [-0.3, -0.25) is 0 Å². The fourth-order valence-electron chi connectivity index (χ4n) is 2.18. The van der Waals surface area contributed by atoms with Gasteiger partial charge < -0.3 is 10.6 Å². The number of para-hydroxylation sites is 1. The average molecular weight is 303 g/mol. The molecule has 0 saturated heterocycles. The number of hydrogen-bond donors (Lipinski definition) is 2. The van der Waals surface area contributed by atoms with Crippen molar-refractivity contribution < 1.29 is 4.79 Å². The molecule has 0 aromatic heterocycles. The van der Waals surface area contributed by atoms with Gasteiger partial charge in [-0.25, -0.2) is 4.79 Å². The van der Waals surface area contributed by atoms with Crippen LogP contribution in [0.4, 0.5) is 10.5 Å². The molecule has 0 radical (unpaired) electrons. The van der Waals surface area contributed by atoms with Crippen molar-refractivity contribution in [1.82, 2.24) is 5.32 Å². The Balaban J connectivity index is 2.01. The van der Waals surface area contributed by atoms with Crippen LogP contribution in [0.25, 0.3) is 0 Å². The minimum atomic E-state index is -0.223. The lowest BCUT2D eigenvalue weighted by atomic mass is 10.1. The zero-order valence-corrected chi connectivity index (χ0v) is 13.0. The third-order valence-corrected chi connectivity index (χ3v) is 3.74. The predicted molar refractivity (Wildman–Crippen MR) is 87.9 cm³/mol. The Bertz CT molecular complexity index is 640. The monoisotopic (exact) mass is 302 g/mol. The van der Waals surface area contributed by atoms with Crippen molar-refractivity contribution in [2.45, 2.75) is 26.8 Å². The van der Waals surface area contributed by atoms with E-state index in [-0.39, 0.29) is 6.03 Å². The number of rotatable bonds is 4. The lowest BCUT2D eigenvalue weighted by molar-refractivity contribution is 0.251. The summed E-state index contributed by atoms with van der Waals surface area (Å²) in [6.07, 6.45) is 0.877. The molecule has 110 valence electrons. The highest BCUT2D eigenvalue weighted by Gasteiger charge is 2.08. The van der Waals surface area contributed by atoms with Crippen LogP contribution < -0.4 is 10.6 Å². The third kappa shape index (κ3) is 3.99. The standard InChI is InChI=1S/C17H19ClN2O/c1-3-13-9-6-7-12(2)16(13)20-17(21)19-11-14-8-4-5-10-15(14)18/h4-10H,3,11H2,1-2H3,(H2,19,20,21). The largest absolute Gasteiger partial charge is 0.334 e. The Morgan fingerprint density at radius 1 is 1.10 bits per heavy atom. The first kappa shape index (κ1) is 15.4. The Morgan fingerprint density at radius 2 is 1.81 bits per heavy atom. The van der Waals surface area contributed by atoms with E-state index in [4.69, 9.17) is 11.6 Å². The van der Waals surface area contributed by atoms with Crippen LogP contribution in [0.5, 0.6) is 0 Å². The molecule has 0 saturated carbocycles. The van der Waals surface area contributed by atoms with E-state index in [0.29, 0.717) is 11.6 Å². The SMILES string of the molecule is CCc1cccc(C)c1NC(=O)NCc1ccccc1Cl. The van der Waals surface area contributed by atoms with Gasteiger partial charge in [0.15, 0.2) is 0 Å². The molecular weight excluding hydrogens is 284 g/mol. The zero-order chi connectivity index (χ0) is 15.2. The van der Waals surface area contributed by atoms with Crippen molar-refractivity contribution in [1.29, 1.82) is 0 Å². The van der Waals surface area contributed by atoms with E-state index in [0.717, 1.165) is 28.8 Å². The quantitative estimate of drug-likeness (QED) is 0.856. The first-order chi connectivity index (χ1) is 10.1. The highest BCUT2D eigenvalue weighted by molar-refractivity contribution is 6.31. The number of carbonyl (C=O) groups excluding carboxylic acids is 1. The summed E-state index contributed by atoms with van der Waals surface area (Å²) in [5.41, 5.74) is 3.97. The molecule has 2 amide bonds. The van der Waals surface area contributed by atoms with E-state index in [1.54, 1.807) is 0 Å². The summed E-state index contributed by atoms with van der Waals surface area (Å²) in [5, 5.41) is 6.41. The Kier molecular flexibility index (Phi) is 5.23. The maximum atomic E-state index is 12.1. The molecule has 2 N–H and O–H groups in total. The average Bonchev–Trinajstić information content (AvgIpc) is 2.48. The topological polar surface area (TPSA) is 41.1 Å². The van der Waals surface area contributed by atoms with Gasteiger partial charge in [-0.1, -0.05) is 54.9 Å². The molecule has 2 aromatic carbocycles. The number of amides is 2. The second-order valence-corrected chi connectivity index (χ2v) is 5.27. The van der Waals surface area contributed by atoms with Gasteiger partial charge in [0, 0.05) is 17.3 Å².